The second kappa shape index (κ2) is 9.51. The largest absolute Gasteiger partial charge is 0.376 e. The van der Waals surface area contributed by atoms with Crippen LogP contribution in [0.1, 0.15) is 46.3 Å². The van der Waals surface area contributed by atoms with Crippen LogP contribution in [0.15, 0.2) is 42.5 Å². The molecule has 148 valence electrons. The third-order valence-corrected chi connectivity index (χ3v) is 5.17. The Kier molecular flexibility index (Phi) is 6.82. The van der Waals surface area contributed by atoms with Gasteiger partial charge in [-0.05, 0) is 61.9 Å². The molecule has 1 heterocycles. The predicted molar refractivity (Wildman–Crippen MR) is 111 cm³/mol. The Morgan fingerprint density at radius 2 is 1.93 bits per heavy atom. The van der Waals surface area contributed by atoms with Crippen molar-refractivity contribution >= 4 is 17.5 Å². The van der Waals surface area contributed by atoms with E-state index in [1.54, 1.807) is 18.2 Å². The van der Waals surface area contributed by atoms with Crippen LogP contribution in [0.2, 0.25) is 0 Å². The first kappa shape index (κ1) is 20.1. The summed E-state index contributed by atoms with van der Waals surface area (Å²) in [7, 11) is 0. The van der Waals surface area contributed by atoms with Gasteiger partial charge in [-0.25, -0.2) is 0 Å². The Morgan fingerprint density at radius 1 is 1.11 bits per heavy atom. The smallest absolute Gasteiger partial charge is 0.253 e. The molecule has 2 aromatic carbocycles. The van der Waals surface area contributed by atoms with E-state index in [-0.39, 0.29) is 17.9 Å². The van der Waals surface area contributed by atoms with Crippen LogP contribution in [0, 0.1) is 13.8 Å². The fourth-order valence-electron chi connectivity index (χ4n) is 3.33. The molecule has 2 aromatic rings. The van der Waals surface area contributed by atoms with Gasteiger partial charge in [0.15, 0.2) is 0 Å². The maximum Gasteiger partial charge on any atom is 0.253 e. The minimum absolute atomic E-state index is 0.0867. The average molecular weight is 380 g/mol. The van der Waals surface area contributed by atoms with Crippen LogP contribution in [0.5, 0.6) is 0 Å². The lowest BCUT2D eigenvalue weighted by atomic mass is 10.0. The van der Waals surface area contributed by atoms with Crippen molar-refractivity contribution in [3.63, 3.8) is 0 Å². The molecule has 0 aliphatic carbocycles. The summed E-state index contributed by atoms with van der Waals surface area (Å²) < 4.78 is 5.54. The minimum atomic E-state index is -0.194. The molecule has 3 rings (SSSR count). The van der Waals surface area contributed by atoms with Crippen LogP contribution in [-0.4, -0.2) is 31.1 Å². The number of carbonyl (C=O) groups is 2. The number of ether oxygens (including phenoxy) is 1. The molecule has 1 aliphatic heterocycles. The summed E-state index contributed by atoms with van der Waals surface area (Å²) in [5.74, 6) is -0.293. The maximum atomic E-state index is 12.5. The van der Waals surface area contributed by atoms with E-state index >= 15 is 0 Å². The fourth-order valence-corrected chi connectivity index (χ4v) is 3.33. The third kappa shape index (κ3) is 5.42. The average Bonchev–Trinajstić information content (AvgIpc) is 3.21. The number of rotatable bonds is 7. The second-order valence-electron chi connectivity index (χ2n) is 7.36. The van der Waals surface area contributed by atoms with Gasteiger partial charge in [0.1, 0.15) is 0 Å². The van der Waals surface area contributed by atoms with Gasteiger partial charge in [0.25, 0.3) is 5.91 Å². The minimum Gasteiger partial charge on any atom is -0.376 e. The third-order valence-electron chi connectivity index (χ3n) is 5.17. The Morgan fingerprint density at radius 3 is 2.68 bits per heavy atom. The van der Waals surface area contributed by atoms with Gasteiger partial charge in [0.05, 0.1) is 17.4 Å². The lowest BCUT2D eigenvalue weighted by Gasteiger charge is -2.14. The first-order valence-corrected chi connectivity index (χ1v) is 9.88. The zero-order valence-corrected chi connectivity index (χ0v) is 16.6. The zero-order valence-electron chi connectivity index (χ0n) is 16.6. The Bertz CT molecular complexity index is 841. The van der Waals surface area contributed by atoms with E-state index in [0.29, 0.717) is 30.6 Å². The first-order valence-electron chi connectivity index (χ1n) is 9.88. The van der Waals surface area contributed by atoms with Gasteiger partial charge in [-0.15, -0.1) is 0 Å². The molecule has 5 heteroatoms. The van der Waals surface area contributed by atoms with Crippen LogP contribution >= 0.6 is 0 Å². The van der Waals surface area contributed by atoms with Crippen molar-refractivity contribution in [2.75, 3.05) is 18.5 Å². The van der Waals surface area contributed by atoms with Crippen molar-refractivity contribution in [2.24, 2.45) is 0 Å². The lowest BCUT2D eigenvalue weighted by Crippen LogP contribution is -2.32. The topological polar surface area (TPSA) is 67.4 Å². The fraction of sp³-hybridized carbons (Fsp3) is 0.391. The molecule has 1 fully saturated rings. The van der Waals surface area contributed by atoms with E-state index in [9.17, 15) is 9.59 Å². The van der Waals surface area contributed by atoms with Crippen molar-refractivity contribution in [1.82, 2.24) is 5.32 Å². The van der Waals surface area contributed by atoms with Crippen LogP contribution in [0.4, 0.5) is 5.69 Å². The molecule has 1 aliphatic rings. The summed E-state index contributed by atoms with van der Waals surface area (Å²) in [5.41, 5.74) is 4.63. The molecule has 5 nitrogen and oxygen atoms in total. The first-order chi connectivity index (χ1) is 13.5. The molecule has 0 radical (unpaired) electrons. The van der Waals surface area contributed by atoms with Gasteiger partial charge >= 0.3 is 0 Å². The molecule has 2 amide bonds. The summed E-state index contributed by atoms with van der Waals surface area (Å²) in [6.45, 7) is 5.40. The van der Waals surface area contributed by atoms with Crippen LogP contribution in [-0.2, 0) is 16.0 Å². The number of anilines is 1. The van der Waals surface area contributed by atoms with Crippen molar-refractivity contribution < 1.29 is 14.3 Å². The standard InChI is InChI=1S/C23H28N2O3/c1-16-9-10-18(14-17(16)2)11-12-22(26)25-21-8-4-3-7-20(21)23(27)24-15-19-6-5-13-28-19/h3-4,7-10,14,19H,5-6,11-13,15H2,1-2H3,(H,24,27)(H,25,26)/t19-/m0/s1. The van der Waals surface area contributed by atoms with Gasteiger partial charge in [-0.1, -0.05) is 30.3 Å². The Hall–Kier alpha value is -2.66. The van der Waals surface area contributed by atoms with E-state index in [1.807, 2.05) is 6.07 Å². The van der Waals surface area contributed by atoms with E-state index in [4.69, 9.17) is 4.74 Å². The highest BCUT2D eigenvalue weighted by Gasteiger charge is 2.18. The van der Waals surface area contributed by atoms with Gasteiger partial charge < -0.3 is 15.4 Å². The summed E-state index contributed by atoms with van der Waals surface area (Å²) in [4.78, 5) is 25.0. The summed E-state index contributed by atoms with van der Waals surface area (Å²) >= 11 is 0. The second-order valence-corrected chi connectivity index (χ2v) is 7.36. The molecule has 28 heavy (non-hydrogen) atoms. The molecule has 0 aromatic heterocycles. The number of hydrogen-bond acceptors (Lipinski definition) is 3. The molecule has 0 bridgehead atoms. The molecular weight excluding hydrogens is 352 g/mol. The lowest BCUT2D eigenvalue weighted by molar-refractivity contribution is -0.116. The Balaban J connectivity index is 1.56. The monoisotopic (exact) mass is 380 g/mol. The molecule has 0 unspecified atom stereocenters. The number of benzene rings is 2. The van der Waals surface area contributed by atoms with Crippen LogP contribution in [0.25, 0.3) is 0 Å². The quantitative estimate of drug-likeness (QED) is 0.768. The highest BCUT2D eigenvalue weighted by atomic mass is 16.5. The molecule has 1 atom stereocenters. The zero-order chi connectivity index (χ0) is 19.9. The van der Waals surface area contributed by atoms with E-state index in [0.717, 1.165) is 25.0 Å². The molecule has 0 saturated carbocycles. The predicted octanol–water partition coefficient (Wildman–Crippen LogP) is 3.78. The van der Waals surface area contributed by atoms with Gasteiger partial charge in [0.2, 0.25) is 5.91 Å². The highest BCUT2D eigenvalue weighted by Crippen LogP contribution is 2.17. The van der Waals surface area contributed by atoms with Crippen molar-refractivity contribution in [3.8, 4) is 0 Å². The molecule has 0 spiro atoms. The van der Waals surface area contributed by atoms with E-state index in [1.165, 1.54) is 11.1 Å². The van der Waals surface area contributed by atoms with Crippen molar-refractivity contribution in [2.45, 2.75) is 45.6 Å². The Labute approximate surface area is 166 Å². The van der Waals surface area contributed by atoms with Gasteiger partial charge in [-0.2, -0.15) is 0 Å². The van der Waals surface area contributed by atoms with Gasteiger partial charge in [0, 0.05) is 19.6 Å². The SMILES string of the molecule is Cc1ccc(CCC(=O)Nc2ccccc2C(=O)NC[C@@H]2CCCO2)cc1C. The van der Waals surface area contributed by atoms with E-state index < -0.39 is 0 Å². The van der Waals surface area contributed by atoms with Gasteiger partial charge in [-0.3, -0.25) is 9.59 Å². The normalized spacial score (nSPS) is 16.0. The molecular formula is C23H28N2O3. The van der Waals surface area contributed by atoms with Crippen molar-refractivity contribution in [1.29, 1.82) is 0 Å². The number of carbonyl (C=O) groups excluding carboxylic acids is 2. The summed E-state index contributed by atoms with van der Waals surface area (Å²) in [5, 5.41) is 5.79. The van der Waals surface area contributed by atoms with Crippen LogP contribution in [0.3, 0.4) is 0 Å². The number of aryl methyl sites for hydroxylation is 3. The number of para-hydroxylation sites is 1. The van der Waals surface area contributed by atoms with E-state index in [2.05, 4.69) is 42.7 Å². The maximum absolute atomic E-state index is 12.5. The summed E-state index contributed by atoms with van der Waals surface area (Å²) in [6, 6.07) is 13.4. The van der Waals surface area contributed by atoms with Crippen LogP contribution < -0.4 is 10.6 Å². The molecule has 2 N–H and O–H groups in total. The highest BCUT2D eigenvalue weighted by molar-refractivity contribution is 6.03. The number of hydrogen-bond donors (Lipinski definition) is 2. The summed E-state index contributed by atoms with van der Waals surface area (Å²) in [6.07, 6.45) is 3.13. The van der Waals surface area contributed by atoms with Crippen molar-refractivity contribution in [3.05, 3.63) is 64.7 Å². The molecule has 1 saturated heterocycles. The number of amides is 2. The number of nitrogens with one attached hydrogen (secondary N) is 2.